The molecule has 0 spiro atoms. The minimum Gasteiger partial charge on any atom is -0.384 e. The van der Waals surface area contributed by atoms with Gasteiger partial charge in [0.1, 0.15) is 11.5 Å². The maximum atomic E-state index is 6.17. The van der Waals surface area contributed by atoms with Gasteiger partial charge in [0.25, 0.3) is 0 Å². The van der Waals surface area contributed by atoms with E-state index in [4.69, 9.17) is 28.2 Å². The van der Waals surface area contributed by atoms with E-state index in [1.165, 1.54) is 5.56 Å². The third-order valence-electron chi connectivity index (χ3n) is 5.66. The zero-order chi connectivity index (χ0) is 24.9. The molecule has 0 amide bonds. The zero-order valence-electron chi connectivity index (χ0n) is 19.4. The van der Waals surface area contributed by atoms with Gasteiger partial charge in [-0.1, -0.05) is 60.1 Å². The van der Waals surface area contributed by atoms with Gasteiger partial charge < -0.3 is 11.5 Å². The molecule has 0 aliphatic heterocycles. The van der Waals surface area contributed by atoms with Gasteiger partial charge in [0, 0.05) is 16.8 Å². The van der Waals surface area contributed by atoms with Crippen LogP contribution in [0.3, 0.4) is 0 Å². The highest BCUT2D eigenvalue weighted by Crippen LogP contribution is 2.32. The van der Waals surface area contributed by atoms with Crippen LogP contribution in [0, 0.1) is 0 Å². The second-order valence-electron chi connectivity index (χ2n) is 8.38. The number of nitrogens with two attached hydrogens (primary N) is 2. The van der Waals surface area contributed by atoms with Crippen LogP contribution in [0.1, 0.15) is 16.7 Å². The molecule has 5 rings (SSSR count). The third-order valence-corrected chi connectivity index (χ3v) is 5.91. The lowest BCUT2D eigenvalue weighted by Gasteiger charge is -2.10. The molecule has 2 aromatic heterocycles. The molecule has 36 heavy (non-hydrogen) atoms. The highest BCUT2D eigenvalue weighted by atomic mass is 35.5. The van der Waals surface area contributed by atoms with Crippen molar-refractivity contribution < 1.29 is 0 Å². The summed E-state index contributed by atoms with van der Waals surface area (Å²) in [5, 5.41) is 14.1. The monoisotopic (exact) mass is 493 g/mol. The number of anilines is 2. The van der Waals surface area contributed by atoms with Crippen LogP contribution in [0.15, 0.2) is 107 Å². The smallest absolute Gasteiger partial charge is 0.154 e. The number of aromatic nitrogens is 3. The Morgan fingerprint density at radius 1 is 0.806 bits per heavy atom. The number of hydrogen-bond acceptors (Lipinski definition) is 6. The zero-order valence-corrected chi connectivity index (χ0v) is 20.2. The number of pyridine rings is 1. The van der Waals surface area contributed by atoms with Crippen LogP contribution < -0.4 is 11.5 Å². The summed E-state index contributed by atoms with van der Waals surface area (Å²) >= 11 is 5.96. The van der Waals surface area contributed by atoms with E-state index in [1.807, 2.05) is 41.2 Å². The summed E-state index contributed by atoms with van der Waals surface area (Å²) in [6, 6.07) is 29.4. The quantitative estimate of drug-likeness (QED) is 0.242. The fraction of sp³-hybridized carbons (Fsp3) is 0.0714. The maximum absolute atomic E-state index is 6.17. The van der Waals surface area contributed by atoms with Gasteiger partial charge in [-0.05, 0) is 65.6 Å². The summed E-state index contributed by atoms with van der Waals surface area (Å²) in [6.07, 6.45) is 2.55. The summed E-state index contributed by atoms with van der Waals surface area (Å²) in [6.45, 7) is 0.720. The van der Waals surface area contributed by atoms with Gasteiger partial charge in [-0.3, -0.25) is 4.68 Å². The molecule has 0 bridgehead atoms. The topological polar surface area (TPSA) is 107 Å². The maximum Gasteiger partial charge on any atom is 0.154 e. The number of benzene rings is 3. The Balaban J connectivity index is 1.39. The van der Waals surface area contributed by atoms with Crippen molar-refractivity contribution in [2.45, 2.75) is 13.0 Å². The van der Waals surface area contributed by atoms with Crippen molar-refractivity contribution in [1.82, 2.24) is 14.8 Å². The van der Waals surface area contributed by atoms with E-state index >= 15 is 0 Å². The molecular formula is C28H24ClN7. The highest BCUT2D eigenvalue weighted by Gasteiger charge is 2.12. The summed E-state index contributed by atoms with van der Waals surface area (Å²) in [4.78, 5) is 4.17. The largest absolute Gasteiger partial charge is 0.384 e. The molecule has 0 fully saturated rings. The average molecular weight is 494 g/mol. The second kappa shape index (κ2) is 10.4. The molecule has 5 aromatic rings. The lowest BCUT2D eigenvalue weighted by molar-refractivity contribution is 0.689. The van der Waals surface area contributed by atoms with Gasteiger partial charge in [-0.2, -0.15) is 10.2 Å². The van der Waals surface area contributed by atoms with E-state index in [1.54, 1.807) is 30.3 Å². The van der Waals surface area contributed by atoms with Crippen LogP contribution >= 0.6 is 11.6 Å². The number of nitrogen functional groups attached to an aromatic ring is 2. The number of nitrogens with zero attached hydrogens (tertiary/aromatic N) is 5. The van der Waals surface area contributed by atoms with E-state index in [0.29, 0.717) is 28.6 Å². The van der Waals surface area contributed by atoms with Crippen molar-refractivity contribution in [3.63, 3.8) is 0 Å². The number of hydrogen-bond donors (Lipinski definition) is 2. The molecule has 3 aromatic carbocycles. The van der Waals surface area contributed by atoms with E-state index in [9.17, 15) is 0 Å². The molecule has 4 N–H and O–H groups in total. The number of halogens is 1. The van der Waals surface area contributed by atoms with E-state index in [2.05, 4.69) is 45.5 Å². The molecule has 0 aliphatic carbocycles. The molecule has 0 saturated carbocycles. The van der Waals surface area contributed by atoms with Crippen molar-refractivity contribution in [2.75, 3.05) is 11.5 Å². The van der Waals surface area contributed by atoms with Crippen LogP contribution in [-0.2, 0) is 13.0 Å². The van der Waals surface area contributed by atoms with Crippen molar-refractivity contribution in [3.05, 3.63) is 119 Å². The minimum absolute atomic E-state index is 0.235. The number of azo groups is 1. The van der Waals surface area contributed by atoms with Crippen molar-refractivity contribution in [2.24, 2.45) is 10.2 Å². The summed E-state index contributed by atoms with van der Waals surface area (Å²) < 4.78 is 1.94. The number of rotatable bonds is 7. The Labute approximate surface area is 214 Å². The Kier molecular flexibility index (Phi) is 6.73. The second-order valence-corrected chi connectivity index (χ2v) is 8.81. The highest BCUT2D eigenvalue weighted by molar-refractivity contribution is 6.30. The van der Waals surface area contributed by atoms with Gasteiger partial charge in [-0.25, -0.2) is 4.98 Å². The van der Waals surface area contributed by atoms with Crippen LogP contribution in [0.2, 0.25) is 5.02 Å². The molecule has 8 heteroatoms. The molecule has 0 radical (unpaired) electrons. The van der Waals surface area contributed by atoms with Crippen LogP contribution in [0.4, 0.5) is 23.0 Å². The SMILES string of the molecule is Nc1cc(Cc2cccc(-c3ccn(Cc4ccccc4)n3)c2)c(/N=N/c2ccc(Cl)cc2)c(N)n1. The molecule has 0 atom stereocenters. The van der Waals surface area contributed by atoms with Crippen LogP contribution in [-0.4, -0.2) is 14.8 Å². The van der Waals surface area contributed by atoms with Crippen LogP contribution in [0.5, 0.6) is 0 Å². The standard InChI is InChI=1S/C28H24ClN7/c29-23-9-11-24(12-10-23)33-34-27-22(17-26(30)32-28(27)31)16-20-7-4-8-21(15-20)25-13-14-36(35-25)18-19-5-2-1-3-6-19/h1-15,17H,16,18H2,(H4,30,31,32)/b34-33+. The Morgan fingerprint density at radius 3 is 2.39 bits per heavy atom. The van der Waals surface area contributed by atoms with E-state index in [0.717, 1.165) is 28.9 Å². The van der Waals surface area contributed by atoms with Gasteiger partial charge in [0.2, 0.25) is 0 Å². The summed E-state index contributed by atoms with van der Waals surface area (Å²) in [5.41, 5.74) is 18.4. The van der Waals surface area contributed by atoms with E-state index in [-0.39, 0.29) is 5.82 Å². The lowest BCUT2D eigenvalue weighted by Crippen LogP contribution is -2.01. The molecule has 2 heterocycles. The molecule has 0 unspecified atom stereocenters. The van der Waals surface area contributed by atoms with Gasteiger partial charge in [0.15, 0.2) is 5.82 Å². The van der Waals surface area contributed by atoms with Crippen molar-refractivity contribution >= 4 is 34.6 Å². The van der Waals surface area contributed by atoms with Gasteiger partial charge >= 0.3 is 0 Å². The van der Waals surface area contributed by atoms with Crippen molar-refractivity contribution in [3.8, 4) is 11.3 Å². The average Bonchev–Trinajstić information content (AvgIpc) is 3.34. The van der Waals surface area contributed by atoms with Gasteiger partial charge in [0.05, 0.1) is 17.9 Å². The first-order valence-electron chi connectivity index (χ1n) is 11.4. The summed E-state index contributed by atoms with van der Waals surface area (Å²) in [5.74, 6) is 0.572. The summed E-state index contributed by atoms with van der Waals surface area (Å²) in [7, 11) is 0. The van der Waals surface area contributed by atoms with Crippen molar-refractivity contribution in [1.29, 1.82) is 0 Å². The lowest BCUT2D eigenvalue weighted by atomic mass is 10.0. The fourth-order valence-corrected chi connectivity index (χ4v) is 4.06. The van der Waals surface area contributed by atoms with E-state index < -0.39 is 0 Å². The predicted molar refractivity (Wildman–Crippen MR) is 145 cm³/mol. The third kappa shape index (κ3) is 5.59. The molecule has 0 aliphatic rings. The molecule has 178 valence electrons. The van der Waals surface area contributed by atoms with Gasteiger partial charge in [-0.15, -0.1) is 5.11 Å². The normalized spacial score (nSPS) is 11.2. The van der Waals surface area contributed by atoms with Crippen LogP contribution in [0.25, 0.3) is 11.3 Å². The fourth-order valence-electron chi connectivity index (χ4n) is 3.94. The Hall–Kier alpha value is -4.49. The Bertz CT molecular complexity index is 1510. The minimum atomic E-state index is 0.235. The predicted octanol–water partition coefficient (Wildman–Crippen LogP) is 6.82. The first-order chi connectivity index (χ1) is 17.5. The molecular weight excluding hydrogens is 470 g/mol. The first kappa shape index (κ1) is 23.3. The first-order valence-corrected chi connectivity index (χ1v) is 11.8. The molecule has 7 nitrogen and oxygen atoms in total. The molecule has 0 saturated heterocycles. The Morgan fingerprint density at radius 2 is 1.58 bits per heavy atom.